The van der Waals surface area contributed by atoms with E-state index in [1.807, 2.05) is 13.8 Å². The number of methoxy groups -OCH3 is 1. The fraction of sp³-hybridized carbons (Fsp3) is 0.409. The van der Waals surface area contributed by atoms with E-state index in [1.165, 1.54) is 9.47 Å². The number of hydrogen-bond acceptors (Lipinski definition) is 5. The van der Waals surface area contributed by atoms with Gasteiger partial charge in [-0.05, 0) is 58.9 Å². The van der Waals surface area contributed by atoms with Crippen LogP contribution in [0.3, 0.4) is 0 Å². The number of carbonyl (C=O) groups excluding carboxylic acids is 1. The number of hydrogen-bond donors (Lipinski definition) is 0. The van der Waals surface area contributed by atoms with E-state index in [0.29, 0.717) is 45.6 Å². The number of amides is 1. The van der Waals surface area contributed by atoms with Crippen molar-refractivity contribution in [1.82, 2.24) is 14.2 Å². The maximum atomic E-state index is 13.4. The molecule has 1 amide bonds. The Morgan fingerprint density at radius 3 is 2.48 bits per heavy atom. The van der Waals surface area contributed by atoms with E-state index in [4.69, 9.17) is 21.1 Å². The van der Waals surface area contributed by atoms with Crippen LogP contribution in [0.5, 0.6) is 5.75 Å². The van der Waals surface area contributed by atoms with Crippen LogP contribution in [0.1, 0.15) is 33.4 Å². The average Bonchev–Trinajstić information content (AvgIpc) is 3.00. The molecule has 0 saturated heterocycles. The van der Waals surface area contributed by atoms with Crippen LogP contribution >= 0.6 is 11.6 Å². The quantitative estimate of drug-likeness (QED) is 0.592. The van der Waals surface area contributed by atoms with Gasteiger partial charge in [0.15, 0.2) is 11.3 Å². The van der Waals surface area contributed by atoms with Crippen LogP contribution in [0.15, 0.2) is 29.1 Å². The predicted octanol–water partition coefficient (Wildman–Crippen LogP) is 4.43. The van der Waals surface area contributed by atoms with Crippen molar-refractivity contribution in [3.8, 4) is 17.1 Å². The van der Waals surface area contributed by atoms with E-state index in [0.717, 1.165) is 0 Å². The van der Waals surface area contributed by atoms with Crippen molar-refractivity contribution in [2.45, 2.75) is 40.2 Å². The highest BCUT2D eigenvalue weighted by Crippen LogP contribution is 2.31. The molecule has 0 N–H and O–H groups in total. The molecule has 166 valence electrons. The molecule has 3 aromatic rings. The molecular weight excluding hydrogens is 420 g/mol. The molecule has 0 aliphatic carbocycles. The number of carbonyl (C=O) groups is 1. The molecule has 2 aromatic heterocycles. The van der Waals surface area contributed by atoms with Crippen molar-refractivity contribution >= 4 is 28.9 Å². The first-order valence-electron chi connectivity index (χ1n) is 9.92. The minimum absolute atomic E-state index is 0.293. The van der Waals surface area contributed by atoms with Gasteiger partial charge in [0.05, 0.1) is 17.8 Å². The number of halogens is 1. The van der Waals surface area contributed by atoms with Gasteiger partial charge in [-0.25, -0.2) is 9.31 Å². The highest BCUT2D eigenvalue weighted by molar-refractivity contribution is 6.33. The molecule has 0 aliphatic heterocycles. The van der Waals surface area contributed by atoms with Gasteiger partial charge >= 0.3 is 6.09 Å². The van der Waals surface area contributed by atoms with Crippen LogP contribution in [0, 0.1) is 6.92 Å². The zero-order valence-corrected chi connectivity index (χ0v) is 19.6. The minimum Gasteiger partial charge on any atom is -0.497 e. The Morgan fingerprint density at radius 1 is 1.26 bits per heavy atom. The summed E-state index contributed by atoms with van der Waals surface area (Å²) >= 11 is 6.43. The first-order chi connectivity index (χ1) is 14.5. The summed E-state index contributed by atoms with van der Waals surface area (Å²) in [7, 11) is 3.18. The second-order valence-corrected chi connectivity index (χ2v) is 8.60. The van der Waals surface area contributed by atoms with Crippen molar-refractivity contribution in [1.29, 1.82) is 0 Å². The molecular formula is C22H27ClN4O4. The predicted molar refractivity (Wildman–Crippen MR) is 121 cm³/mol. The lowest BCUT2D eigenvalue weighted by molar-refractivity contribution is 0.0582. The normalized spacial score (nSPS) is 11.6. The third-order valence-electron chi connectivity index (χ3n) is 4.79. The largest absolute Gasteiger partial charge is 0.497 e. The molecule has 31 heavy (non-hydrogen) atoms. The third-order valence-corrected chi connectivity index (χ3v) is 5.10. The van der Waals surface area contributed by atoms with Crippen molar-refractivity contribution in [2.75, 3.05) is 18.6 Å². The summed E-state index contributed by atoms with van der Waals surface area (Å²) in [5, 5.41) is 5.08. The number of fused-ring (bicyclic) bond motifs is 1. The molecule has 3 rings (SSSR count). The van der Waals surface area contributed by atoms with Crippen molar-refractivity contribution < 1.29 is 14.3 Å². The molecule has 0 aliphatic rings. The maximum Gasteiger partial charge on any atom is 0.414 e. The van der Waals surface area contributed by atoms with Gasteiger partial charge in [0.2, 0.25) is 0 Å². The Morgan fingerprint density at radius 2 is 1.94 bits per heavy atom. The zero-order chi connectivity index (χ0) is 23.1. The Bertz CT molecular complexity index is 1210. The molecule has 0 spiro atoms. The second kappa shape index (κ2) is 8.26. The van der Waals surface area contributed by atoms with Crippen molar-refractivity contribution in [3.05, 3.63) is 45.3 Å². The zero-order valence-electron chi connectivity index (χ0n) is 18.8. The van der Waals surface area contributed by atoms with Gasteiger partial charge < -0.3 is 9.47 Å². The van der Waals surface area contributed by atoms with E-state index in [1.54, 1.807) is 63.7 Å². The fourth-order valence-electron chi connectivity index (χ4n) is 3.32. The van der Waals surface area contributed by atoms with Crippen LogP contribution in [0.2, 0.25) is 5.02 Å². The first-order valence-corrected chi connectivity index (χ1v) is 10.3. The molecule has 8 nitrogen and oxygen atoms in total. The van der Waals surface area contributed by atoms with Crippen LogP contribution in [0.25, 0.3) is 16.9 Å². The smallest absolute Gasteiger partial charge is 0.414 e. The summed E-state index contributed by atoms with van der Waals surface area (Å²) in [6.45, 7) is 9.38. The Kier molecular flexibility index (Phi) is 6.04. The number of aromatic nitrogens is 3. The summed E-state index contributed by atoms with van der Waals surface area (Å²) in [4.78, 5) is 27.6. The lowest BCUT2D eigenvalue weighted by Gasteiger charge is -2.26. The topological polar surface area (TPSA) is 78.1 Å². The monoisotopic (exact) mass is 446 g/mol. The first kappa shape index (κ1) is 22.7. The van der Waals surface area contributed by atoms with Gasteiger partial charge in [-0.15, -0.1) is 5.10 Å². The molecule has 1 aromatic carbocycles. The molecule has 0 radical (unpaired) electrons. The Labute approximate surface area is 185 Å². The number of ether oxygens (including phenoxy) is 2. The van der Waals surface area contributed by atoms with Crippen molar-refractivity contribution in [2.24, 2.45) is 7.05 Å². The second-order valence-electron chi connectivity index (χ2n) is 8.19. The highest BCUT2D eigenvalue weighted by Gasteiger charge is 2.27. The number of nitrogens with zero attached hydrogens (tertiary/aromatic N) is 4. The van der Waals surface area contributed by atoms with Gasteiger partial charge in [0.25, 0.3) is 5.56 Å². The maximum absolute atomic E-state index is 13.4. The highest BCUT2D eigenvalue weighted by atomic mass is 35.5. The molecule has 0 fully saturated rings. The van der Waals surface area contributed by atoms with Gasteiger partial charge in [-0.1, -0.05) is 11.6 Å². The molecule has 0 atom stereocenters. The van der Waals surface area contributed by atoms with Gasteiger partial charge in [0.1, 0.15) is 11.4 Å². The van der Waals surface area contributed by atoms with E-state index in [-0.39, 0.29) is 5.56 Å². The number of benzene rings is 1. The van der Waals surface area contributed by atoms with Crippen LogP contribution in [-0.2, 0) is 11.8 Å². The van der Waals surface area contributed by atoms with Gasteiger partial charge in [0, 0.05) is 24.8 Å². The molecule has 0 saturated carbocycles. The van der Waals surface area contributed by atoms with Crippen molar-refractivity contribution in [3.63, 3.8) is 0 Å². The van der Waals surface area contributed by atoms with E-state index in [2.05, 4.69) is 5.10 Å². The van der Waals surface area contributed by atoms with Gasteiger partial charge in [-0.3, -0.25) is 14.3 Å². The number of aryl methyl sites for hydroxylation is 1. The summed E-state index contributed by atoms with van der Waals surface area (Å²) in [6, 6.07) is 6.94. The SMILES string of the molecule is CCN(C(=O)OC(C)(C)C)c1cc(C)n2nc(-c3ccc(OC)cc3Cl)n(C)c(=O)c12. The molecule has 0 bridgehead atoms. The average molecular weight is 447 g/mol. The lowest BCUT2D eigenvalue weighted by Crippen LogP contribution is -2.37. The fourth-order valence-corrected chi connectivity index (χ4v) is 3.57. The summed E-state index contributed by atoms with van der Waals surface area (Å²) in [6.07, 6.45) is -0.521. The van der Waals surface area contributed by atoms with Gasteiger partial charge in [-0.2, -0.15) is 0 Å². The third kappa shape index (κ3) is 4.25. The van der Waals surface area contributed by atoms with E-state index in [9.17, 15) is 9.59 Å². The summed E-state index contributed by atoms with van der Waals surface area (Å²) in [5.41, 5.74) is 1.09. The summed E-state index contributed by atoms with van der Waals surface area (Å²) < 4.78 is 13.7. The molecule has 0 unspecified atom stereocenters. The summed E-state index contributed by atoms with van der Waals surface area (Å²) in [5.74, 6) is 1.01. The van der Waals surface area contributed by atoms with Crippen LogP contribution in [0.4, 0.5) is 10.5 Å². The molecule has 2 heterocycles. The van der Waals surface area contributed by atoms with Crippen LogP contribution in [-0.4, -0.2) is 39.5 Å². The van der Waals surface area contributed by atoms with Crippen LogP contribution < -0.4 is 15.2 Å². The lowest BCUT2D eigenvalue weighted by atomic mass is 10.2. The van der Waals surface area contributed by atoms with E-state index >= 15 is 0 Å². The number of rotatable bonds is 4. The number of anilines is 1. The minimum atomic E-state index is -0.656. The Hall–Kier alpha value is -3.00. The van der Waals surface area contributed by atoms with E-state index < -0.39 is 11.7 Å². The Balaban J connectivity index is 2.21. The standard InChI is InChI=1S/C22H27ClN4O4/c1-8-26(21(29)31-22(3,4)5)17-11-13(2)27-18(17)20(28)25(6)19(24-27)15-10-9-14(30-7)12-16(15)23/h9-12H,8H2,1-7H3. The molecule has 9 heteroatoms.